The van der Waals surface area contributed by atoms with Gasteiger partial charge in [0.05, 0.1) is 11.3 Å². The van der Waals surface area contributed by atoms with Crippen molar-refractivity contribution in [2.75, 3.05) is 11.9 Å². The van der Waals surface area contributed by atoms with Crippen LogP contribution in [0.25, 0.3) is 0 Å². The van der Waals surface area contributed by atoms with E-state index in [4.69, 9.17) is 4.74 Å². The monoisotopic (exact) mass is 449 g/mol. The molecule has 0 aliphatic heterocycles. The molecule has 1 heterocycles. The number of ether oxygens (including phenoxy) is 1. The molecule has 3 rings (SSSR count). The molecule has 0 aliphatic rings. The van der Waals surface area contributed by atoms with Crippen molar-refractivity contribution >= 4 is 34.6 Å². The summed E-state index contributed by atoms with van der Waals surface area (Å²) in [5.74, 6) is 0.190. The summed E-state index contributed by atoms with van der Waals surface area (Å²) < 4.78 is 5.53. The van der Waals surface area contributed by atoms with E-state index < -0.39 is 0 Å². The van der Waals surface area contributed by atoms with Gasteiger partial charge in [0, 0.05) is 15.9 Å². The fourth-order valence-electron chi connectivity index (χ4n) is 3.23. The number of amides is 2. The lowest BCUT2D eigenvalue weighted by atomic mass is 10.1. The Bertz CT molecular complexity index is 1150. The van der Waals surface area contributed by atoms with Crippen LogP contribution in [0.3, 0.4) is 0 Å². The quantitative estimate of drug-likeness (QED) is 0.371. The lowest BCUT2D eigenvalue weighted by Gasteiger charge is -2.09. The number of thiophene rings is 1. The van der Waals surface area contributed by atoms with Gasteiger partial charge in [-0.15, -0.1) is 11.3 Å². The summed E-state index contributed by atoms with van der Waals surface area (Å²) in [4.78, 5) is 26.0. The summed E-state index contributed by atoms with van der Waals surface area (Å²) in [6.07, 6.45) is 0.817. The zero-order valence-electron chi connectivity index (χ0n) is 18.7. The van der Waals surface area contributed by atoms with Gasteiger partial charge in [0.25, 0.3) is 11.8 Å². The number of nitrogens with one attached hydrogen (secondary N) is 2. The molecule has 0 unspecified atom stereocenters. The van der Waals surface area contributed by atoms with Gasteiger partial charge in [0.1, 0.15) is 5.75 Å². The van der Waals surface area contributed by atoms with Crippen LogP contribution in [0, 0.1) is 13.8 Å². The molecular formula is C25H27N3O3S. The van der Waals surface area contributed by atoms with Gasteiger partial charge in [-0.25, -0.2) is 5.43 Å². The Morgan fingerprint density at radius 1 is 1.09 bits per heavy atom. The molecule has 0 atom stereocenters. The smallest absolute Gasteiger partial charge is 0.277 e. The largest absolute Gasteiger partial charge is 0.483 e. The Morgan fingerprint density at radius 2 is 1.88 bits per heavy atom. The maximum absolute atomic E-state index is 12.7. The third-order valence-corrected chi connectivity index (χ3v) is 5.99. The van der Waals surface area contributed by atoms with E-state index in [9.17, 15) is 9.59 Å². The third-order valence-electron chi connectivity index (χ3n) is 5.04. The molecular weight excluding hydrogens is 422 g/mol. The first-order valence-corrected chi connectivity index (χ1v) is 11.3. The van der Waals surface area contributed by atoms with Crippen LogP contribution >= 0.6 is 11.3 Å². The number of carbonyl (C=O) groups excluding carboxylic acids is 2. The Labute approximate surface area is 192 Å². The lowest BCUT2D eigenvalue weighted by Crippen LogP contribution is -2.25. The first-order valence-electron chi connectivity index (χ1n) is 10.4. The number of aryl methyl sites for hydroxylation is 2. The van der Waals surface area contributed by atoms with Crippen molar-refractivity contribution < 1.29 is 14.3 Å². The van der Waals surface area contributed by atoms with Crippen LogP contribution in [0.2, 0.25) is 0 Å². The number of rotatable bonds is 8. The van der Waals surface area contributed by atoms with E-state index in [0.717, 1.165) is 28.0 Å². The standard InChI is InChI=1S/C25H27N3O3S/c1-5-21-18(4)32-15-22(21)25(30)26-20-11-8-10-19(13-20)17(3)27-28-24(29)14-31-23-12-7-6-9-16(23)2/h6-13,15H,5,14H2,1-4H3,(H,26,30)(H,28,29)/b27-17+. The van der Waals surface area contributed by atoms with E-state index >= 15 is 0 Å². The molecule has 2 aromatic carbocycles. The number of benzene rings is 2. The van der Waals surface area contributed by atoms with Crippen LogP contribution in [0.1, 0.15) is 45.8 Å². The van der Waals surface area contributed by atoms with E-state index in [1.54, 1.807) is 18.3 Å². The number of hydrazone groups is 1. The first-order chi connectivity index (χ1) is 15.4. The van der Waals surface area contributed by atoms with E-state index in [-0.39, 0.29) is 18.4 Å². The molecule has 3 aromatic rings. The molecule has 2 amide bonds. The number of hydrogen-bond acceptors (Lipinski definition) is 5. The highest BCUT2D eigenvalue weighted by molar-refractivity contribution is 7.10. The molecule has 6 nitrogen and oxygen atoms in total. The molecule has 0 radical (unpaired) electrons. The molecule has 0 aliphatic carbocycles. The topological polar surface area (TPSA) is 79.8 Å². The van der Waals surface area contributed by atoms with Crippen LogP contribution in [0.15, 0.2) is 59.0 Å². The number of nitrogens with zero attached hydrogens (tertiary/aromatic N) is 1. The van der Waals surface area contributed by atoms with Gasteiger partial charge in [-0.05, 0) is 62.1 Å². The summed E-state index contributed by atoms with van der Waals surface area (Å²) in [6.45, 7) is 7.66. The maximum atomic E-state index is 12.7. The van der Waals surface area contributed by atoms with Crippen molar-refractivity contribution in [3.8, 4) is 5.75 Å². The van der Waals surface area contributed by atoms with Crippen LogP contribution in [0.5, 0.6) is 5.75 Å². The van der Waals surface area contributed by atoms with Crippen LogP contribution in [0.4, 0.5) is 5.69 Å². The SMILES string of the molecule is CCc1c(C(=O)Nc2cccc(/C(C)=N/NC(=O)COc3ccccc3C)c2)csc1C. The van der Waals surface area contributed by atoms with Crippen LogP contribution in [-0.4, -0.2) is 24.1 Å². The van der Waals surface area contributed by atoms with Gasteiger partial charge >= 0.3 is 0 Å². The average molecular weight is 450 g/mol. The number of anilines is 1. The van der Waals surface area contributed by atoms with E-state index in [1.807, 2.05) is 74.7 Å². The molecule has 7 heteroatoms. The predicted molar refractivity (Wildman–Crippen MR) is 130 cm³/mol. The van der Waals surface area contributed by atoms with Crippen LogP contribution < -0.4 is 15.5 Å². The first kappa shape index (κ1) is 23.2. The van der Waals surface area contributed by atoms with Gasteiger partial charge in [-0.2, -0.15) is 5.10 Å². The minimum Gasteiger partial charge on any atom is -0.483 e. The van der Waals surface area contributed by atoms with Gasteiger partial charge in [0.15, 0.2) is 6.61 Å². The summed E-state index contributed by atoms with van der Waals surface area (Å²) in [7, 11) is 0. The Balaban J connectivity index is 1.61. The fraction of sp³-hybridized carbons (Fsp3) is 0.240. The van der Waals surface area contributed by atoms with Crippen molar-refractivity contribution in [2.45, 2.75) is 34.1 Å². The van der Waals surface area contributed by atoms with Gasteiger partial charge in [0.2, 0.25) is 0 Å². The average Bonchev–Trinajstić information content (AvgIpc) is 3.17. The minimum atomic E-state index is -0.350. The minimum absolute atomic E-state index is 0.125. The zero-order valence-corrected chi connectivity index (χ0v) is 19.5. The second-order valence-electron chi connectivity index (χ2n) is 7.36. The van der Waals surface area contributed by atoms with E-state index in [1.165, 1.54) is 0 Å². The molecule has 0 spiro atoms. The summed E-state index contributed by atoms with van der Waals surface area (Å²) in [6, 6.07) is 14.9. The molecule has 0 saturated heterocycles. The summed E-state index contributed by atoms with van der Waals surface area (Å²) in [5, 5.41) is 9.02. The van der Waals surface area contributed by atoms with Gasteiger partial charge in [-0.3, -0.25) is 9.59 Å². The Morgan fingerprint density at radius 3 is 2.62 bits per heavy atom. The maximum Gasteiger partial charge on any atom is 0.277 e. The van der Waals surface area contributed by atoms with Gasteiger partial charge in [-0.1, -0.05) is 37.3 Å². The molecule has 0 saturated carbocycles. The highest BCUT2D eigenvalue weighted by Crippen LogP contribution is 2.23. The third kappa shape index (κ3) is 5.82. The molecule has 1 aromatic heterocycles. The number of hydrogen-bond donors (Lipinski definition) is 2. The van der Waals surface area contributed by atoms with Crippen molar-refractivity contribution in [1.29, 1.82) is 0 Å². The highest BCUT2D eigenvalue weighted by atomic mass is 32.1. The predicted octanol–water partition coefficient (Wildman–Crippen LogP) is 5.10. The molecule has 166 valence electrons. The van der Waals surface area contributed by atoms with Crippen molar-refractivity contribution in [3.63, 3.8) is 0 Å². The molecule has 2 N–H and O–H groups in total. The fourth-order valence-corrected chi connectivity index (χ4v) is 4.17. The molecule has 0 bridgehead atoms. The van der Waals surface area contributed by atoms with E-state index in [0.29, 0.717) is 22.7 Å². The second-order valence-corrected chi connectivity index (χ2v) is 8.44. The molecule has 0 fully saturated rings. The Kier molecular flexibility index (Phi) is 7.78. The van der Waals surface area contributed by atoms with Crippen molar-refractivity contribution in [2.24, 2.45) is 5.10 Å². The van der Waals surface area contributed by atoms with Crippen LogP contribution in [-0.2, 0) is 11.2 Å². The normalized spacial score (nSPS) is 11.2. The van der Waals surface area contributed by atoms with Gasteiger partial charge < -0.3 is 10.1 Å². The molecule has 32 heavy (non-hydrogen) atoms. The van der Waals surface area contributed by atoms with Crippen molar-refractivity contribution in [1.82, 2.24) is 5.43 Å². The summed E-state index contributed by atoms with van der Waals surface area (Å²) in [5.41, 5.74) is 7.35. The summed E-state index contributed by atoms with van der Waals surface area (Å²) >= 11 is 1.58. The lowest BCUT2D eigenvalue weighted by molar-refractivity contribution is -0.123. The number of carbonyl (C=O) groups is 2. The van der Waals surface area contributed by atoms with Crippen molar-refractivity contribution in [3.05, 3.63) is 81.0 Å². The highest BCUT2D eigenvalue weighted by Gasteiger charge is 2.15. The van der Waals surface area contributed by atoms with E-state index in [2.05, 4.69) is 15.8 Å². The number of para-hydroxylation sites is 1. The second kappa shape index (κ2) is 10.7. The zero-order chi connectivity index (χ0) is 23.1. The Hall–Kier alpha value is -3.45.